The van der Waals surface area contributed by atoms with Crippen LogP contribution in [0.1, 0.15) is 65.2 Å². The third-order valence-corrected chi connectivity index (χ3v) is 6.64. The van der Waals surface area contributed by atoms with E-state index in [0.717, 1.165) is 38.5 Å². The van der Waals surface area contributed by atoms with Crippen molar-refractivity contribution in [1.82, 2.24) is 0 Å². The second-order valence-electron chi connectivity index (χ2n) is 8.09. The Morgan fingerprint density at radius 3 is 2.78 bits per heavy atom. The van der Waals surface area contributed by atoms with Gasteiger partial charge in [-0.05, 0) is 75.2 Å². The summed E-state index contributed by atoms with van der Waals surface area (Å²) in [6.07, 6.45) is 12.5. The van der Waals surface area contributed by atoms with Gasteiger partial charge in [0.25, 0.3) is 0 Å². The van der Waals surface area contributed by atoms with E-state index in [-0.39, 0.29) is 17.4 Å². The van der Waals surface area contributed by atoms with Crippen molar-refractivity contribution < 1.29 is 9.90 Å². The molecule has 0 heterocycles. The molecule has 3 aliphatic rings. The predicted molar refractivity (Wildman–Crippen MR) is 94.0 cm³/mol. The number of ketones is 1. The summed E-state index contributed by atoms with van der Waals surface area (Å²) in [5, 5.41) is 9.88. The van der Waals surface area contributed by atoms with Crippen LogP contribution in [-0.2, 0) is 4.79 Å². The molecule has 23 heavy (non-hydrogen) atoms. The summed E-state index contributed by atoms with van der Waals surface area (Å²) in [6, 6.07) is 0. The molecule has 0 aromatic heterocycles. The van der Waals surface area contributed by atoms with Crippen molar-refractivity contribution in [3.63, 3.8) is 0 Å². The fourth-order valence-electron chi connectivity index (χ4n) is 5.30. The van der Waals surface area contributed by atoms with Gasteiger partial charge in [0.2, 0.25) is 0 Å². The van der Waals surface area contributed by atoms with Crippen LogP contribution in [0.15, 0.2) is 35.5 Å². The molecule has 4 unspecified atom stereocenters. The number of allylic oxidation sites excluding steroid dienone is 4. The Kier molecular flexibility index (Phi) is 4.64. The number of Topliss-reactive ketones (excluding diaryl/α,β-unsaturated/α-hetero) is 1. The van der Waals surface area contributed by atoms with Gasteiger partial charge in [0.05, 0.1) is 6.10 Å². The standard InChI is InChI=1S/C21H30O2/c1-14-6-9-18(23)13-17(14)8-7-16-5-4-12-21(3)19(15(2)22)10-11-20(16)21/h7-8,18-20,23H,1,4-6,9-13H2,2-3H3/b16-7+,17-8-. The molecule has 2 heteroatoms. The highest BCUT2D eigenvalue weighted by molar-refractivity contribution is 5.79. The predicted octanol–water partition coefficient (Wildman–Crippen LogP) is 4.75. The lowest BCUT2D eigenvalue weighted by atomic mass is 9.63. The van der Waals surface area contributed by atoms with E-state index in [2.05, 4.69) is 25.7 Å². The number of hydrogen-bond donors (Lipinski definition) is 1. The Hall–Kier alpha value is -1.15. The summed E-state index contributed by atoms with van der Waals surface area (Å²) in [7, 11) is 0. The van der Waals surface area contributed by atoms with Crippen molar-refractivity contribution in [2.24, 2.45) is 17.3 Å². The Bertz CT molecular complexity index is 568. The SMILES string of the molecule is C=C1CCC(O)C/C1=C/C=C1\CCCC2(C)C(C(C)=O)CCC12. The summed E-state index contributed by atoms with van der Waals surface area (Å²) < 4.78 is 0. The van der Waals surface area contributed by atoms with Gasteiger partial charge < -0.3 is 5.11 Å². The molecule has 0 aromatic rings. The van der Waals surface area contributed by atoms with Crippen molar-refractivity contribution in [3.8, 4) is 0 Å². The zero-order valence-electron chi connectivity index (χ0n) is 14.6. The minimum Gasteiger partial charge on any atom is -0.393 e. The Morgan fingerprint density at radius 1 is 1.26 bits per heavy atom. The monoisotopic (exact) mass is 314 g/mol. The Morgan fingerprint density at radius 2 is 2.04 bits per heavy atom. The number of carbonyl (C=O) groups excluding carboxylic acids is 1. The smallest absolute Gasteiger partial charge is 0.133 e. The molecule has 0 aromatic carbocycles. The second kappa shape index (κ2) is 6.39. The third kappa shape index (κ3) is 3.10. The fourth-order valence-corrected chi connectivity index (χ4v) is 5.30. The molecular weight excluding hydrogens is 284 g/mol. The first-order valence-corrected chi connectivity index (χ1v) is 9.18. The average molecular weight is 314 g/mol. The quantitative estimate of drug-likeness (QED) is 0.799. The van der Waals surface area contributed by atoms with E-state index in [4.69, 9.17) is 0 Å². The Balaban J connectivity index is 1.83. The van der Waals surface area contributed by atoms with Gasteiger partial charge in [0.15, 0.2) is 0 Å². The second-order valence-corrected chi connectivity index (χ2v) is 8.09. The van der Waals surface area contributed by atoms with Crippen LogP contribution in [0.5, 0.6) is 0 Å². The first-order valence-electron chi connectivity index (χ1n) is 9.18. The number of aliphatic hydroxyl groups is 1. The lowest BCUT2D eigenvalue weighted by molar-refractivity contribution is -0.124. The van der Waals surface area contributed by atoms with Crippen LogP contribution in [0.25, 0.3) is 0 Å². The molecule has 0 radical (unpaired) electrons. The highest BCUT2D eigenvalue weighted by Gasteiger charge is 2.50. The van der Waals surface area contributed by atoms with Gasteiger partial charge in [0, 0.05) is 5.92 Å². The molecule has 2 nitrogen and oxygen atoms in total. The number of fused-ring (bicyclic) bond motifs is 1. The van der Waals surface area contributed by atoms with Crippen molar-refractivity contribution in [1.29, 1.82) is 0 Å². The van der Waals surface area contributed by atoms with Crippen LogP contribution in [0.2, 0.25) is 0 Å². The molecule has 3 fully saturated rings. The lowest BCUT2D eigenvalue weighted by Crippen LogP contribution is -2.36. The zero-order valence-corrected chi connectivity index (χ0v) is 14.6. The molecule has 0 spiro atoms. The van der Waals surface area contributed by atoms with Gasteiger partial charge in [-0.25, -0.2) is 0 Å². The number of rotatable bonds is 2. The van der Waals surface area contributed by atoms with Gasteiger partial charge in [0.1, 0.15) is 5.78 Å². The maximum atomic E-state index is 12.0. The first kappa shape index (κ1) is 16.7. The molecule has 0 amide bonds. The van der Waals surface area contributed by atoms with E-state index in [9.17, 15) is 9.90 Å². The zero-order chi connectivity index (χ0) is 16.6. The summed E-state index contributed by atoms with van der Waals surface area (Å²) >= 11 is 0. The highest BCUT2D eigenvalue weighted by atomic mass is 16.3. The summed E-state index contributed by atoms with van der Waals surface area (Å²) in [5.74, 6) is 1.18. The van der Waals surface area contributed by atoms with E-state index in [1.165, 1.54) is 29.6 Å². The number of aliphatic hydroxyl groups excluding tert-OH is 1. The van der Waals surface area contributed by atoms with Gasteiger partial charge in [-0.2, -0.15) is 0 Å². The molecule has 0 bridgehead atoms. The summed E-state index contributed by atoms with van der Waals surface area (Å²) in [5.41, 5.74) is 4.07. The summed E-state index contributed by atoms with van der Waals surface area (Å²) in [4.78, 5) is 12.0. The van der Waals surface area contributed by atoms with Crippen molar-refractivity contribution in [2.75, 3.05) is 0 Å². The van der Waals surface area contributed by atoms with Crippen LogP contribution < -0.4 is 0 Å². The maximum absolute atomic E-state index is 12.0. The van der Waals surface area contributed by atoms with Crippen LogP contribution in [0.4, 0.5) is 0 Å². The van der Waals surface area contributed by atoms with E-state index in [1.54, 1.807) is 6.92 Å². The van der Waals surface area contributed by atoms with E-state index in [1.807, 2.05) is 0 Å². The van der Waals surface area contributed by atoms with Gasteiger partial charge >= 0.3 is 0 Å². The van der Waals surface area contributed by atoms with Gasteiger partial charge in [-0.3, -0.25) is 4.79 Å². The van der Waals surface area contributed by atoms with E-state index in [0.29, 0.717) is 11.7 Å². The molecule has 0 aliphatic heterocycles. The molecule has 3 saturated carbocycles. The van der Waals surface area contributed by atoms with Crippen LogP contribution in [0.3, 0.4) is 0 Å². The Labute approximate surface area is 140 Å². The minimum atomic E-state index is -0.213. The first-order chi connectivity index (χ1) is 10.9. The van der Waals surface area contributed by atoms with Crippen LogP contribution in [-0.4, -0.2) is 17.0 Å². The molecule has 4 atom stereocenters. The highest BCUT2D eigenvalue weighted by Crippen LogP contribution is 2.57. The van der Waals surface area contributed by atoms with Gasteiger partial charge in [-0.1, -0.05) is 36.8 Å². The molecule has 3 aliphatic carbocycles. The molecule has 126 valence electrons. The van der Waals surface area contributed by atoms with Crippen molar-refractivity contribution in [2.45, 2.75) is 71.3 Å². The number of hydrogen-bond acceptors (Lipinski definition) is 2. The molecule has 1 N–H and O–H groups in total. The van der Waals surface area contributed by atoms with E-state index >= 15 is 0 Å². The molecule has 0 saturated heterocycles. The van der Waals surface area contributed by atoms with Crippen LogP contribution >= 0.6 is 0 Å². The fraction of sp³-hybridized carbons (Fsp3) is 0.667. The normalized spacial score (nSPS) is 41.3. The van der Waals surface area contributed by atoms with Crippen molar-refractivity contribution >= 4 is 5.78 Å². The van der Waals surface area contributed by atoms with Gasteiger partial charge in [-0.15, -0.1) is 0 Å². The topological polar surface area (TPSA) is 37.3 Å². The molecule has 3 rings (SSSR count). The third-order valence-electron chi connectivity index (χ3n) is 6.64. The van der Waals surface area contributed by atoms with E-state index < -0.39 is 0 Å². The largest absolute Gasteiger partial charge is 0.393 e. The van der Waals surface area contributed by atoms with Crippen molar-refractivity contribution in [3.05, 3.63) is 35.5 Å². The minimum absolute atomic E-state index is 0.164. The molecular formula is C21H30O2. The average Bonchev–Trinajstić information content (AvgIpc) is 2.86. The maximum Gasteiger partial charge on any atom is 0.133 e. The summed E-state index contributed by atoms with van der Waals surface area (Å²) in [6.45, 7) is 8.26. The number of carbonyl (C=O) groups is 1. The van der Waals surface area contributed by atoms with Crippen LogP contribution in [0, 0.1) is 17.3 Å². The lowest BCUT2D eigenvalue weighted by Gasteiger charge is -2.41.